The first kappa shape index (κ1) is 9.20. The summed E-state index contributed by atoms with van der Waals surface area (Å²) in [7, 11) is 0. The molecule has 6 nitrogen and oxygen atoms in total. The summed E-state index contributed by atoms with van der Waals surface area (Å²) in [6.45, 7) is 3.49. The molecule has 0 aromatic carbocycles. The molecule has 0 unspecified atom stereocenters. The van der Waals surface area contributed by atoms with E-state index in [1.165, 1.54) is 11.8 Å². The second-order valence-electron chi connectivity index (χ2n) is 2.59. The molecule has 0 atom stereocenters. The SMILES string of the molecule is Cc1nnc(CSc2nnc(C)o2)o1. The highest BCUT2D eigenvalue weighted by Crippen LogP contribution is 2.20. The van der Waals surface area contributed by atoms with Crippen LogP contribution in [0.1, 0.15) is 17.7 Å². The summed E-state index contributed by atoms with van der Waals surface area (Å²) in [5.41, 5.74) is 0. The van der Waals surface area contributed by atoms with Crippen LogP contribution in [0.5, 0.6) is 0 Å². The zero-order valence-corrected chi connectivity index (χ0v) is 8.54. The molecule has 0 bridgehead atoms. The van der Waals surface area contributed by atoms with E-state index in [-0.39, 0.29) is 0 Å². The van der Waals surface area contributed by atoms with Gasteiger partial charge in [-0.1, -0.05) is 11.8 Å². The Morgan fingerprint density at radius 3 is 2.29 bits per heavy atom. The van der Waals surface area contributed by atoms with Crippen molar-refractivity contribution < 1.29 is 8.83 Å². The molecule has 0 amide bonds. The fourth-order valence-electron chi connectivity index (χ4n) is 0.856. The van der Waals surface area contributed by atoms with Gasteiger partial charge < -0.3 is 8.83 Å². The molecule has 0 spiro atoms. The predicted molar refractivity (Wildman–Crippen MR) is 47.6 cm³/mol. The van der Waals surface area contributed by atoms with Crippen molar-refractivity contribution in [2.75, 3.05) is 0 Å². The Morgan fingerprint density at radius 2 is 1.71 bits per heavy atom. The maximum Gasteiger partial charge on any atom is 0.277 e. The van der Waals surface area contributed by atoms with Crippen LogP contribution in [0.3, 0.4) is 0 Å². The van der Waals surface area contributed by atoms with Gasteiger partial charge in [-0.2, -0.15) is 0 Å². The van der Waals surface area contributed by atoms with E-state index in [4.69, 9.17) is 8.83 Å². The highest BCUT2D eigenvalue weighted by Gasteiger charge is 2.07. The monoisotopic (exact) mass is 212 g/mol. The second-order valence-corrected chi connectivity index (χ2v) is 3.52. The fourth-order valence-corrected chi connectivity index (χ4v) is 1.50. The van der Waals surface area contributed by atoms with Crippen LogP contribution in [-0.4, -0.2) is 20.4 Å². The molecular weight excluding hydrogens is 204 g/mol. The van der Waals surface area contributed by atoms with E-state index in [0.29, 0.717) is 28.6 Å². The Labute approximate surface area is 84.1 Å². The van der Waals surface area contributed by atoms with Gasteiger partial charge in [0, 0.05) is 13.8 Å². The van der Waals surface area contributed by atoms with Gasteiger partial charge in [-0.15, -0.1) is 20.4 Å². The Balaban J connectivity index is 1.94. The van der Waals surface area contributed by atoms with E-state index in [2.05, 4.69) is 20.4 Å². The molecule has 0 saturated heterocycles. The van der Waals surface area contributed by atoms with Crippen molar-refractivity contribution in [3.8, 4) is 0 Å². The van der Waals surface area contributed by atoms with Crippen LogP contribution in [-0.2, 0) is 5.75 Å². The van der Waals surface area contributed by atoms with Crippen LogP contribution < -0.4 is 0 Å². The van der Waals surface area contributed by atoms with Crippen LogP contribution in [0.25, 0.3) is 0 Å². The molecule has 7 heteroatoms. The van der Waals surface area contributed by atoms with Crippen molar-refractivity contribution in [3.05, 3.63) is 17.7 Å². The highest BCUT2D eigenvalue weighted by atomic mass is 32.2. The molecular formula is C7H8N4O2S. The molecule has 74 valence electrons. The lowest BCUT2D eigenvalue weighted by Crippen LogP contribution is -1.80. The number of rotatable bonds is 3. The lowest BCUT2D eigenvalue weighted by Gasteiger charge is -1.88. The van der Waals surface area contributed by atoms with E-state index >= 15 is 0 Å². The summed E-state index contributed by atoms with van der Waals surface area (Å²) in [4.78, 5) is 0. The number of nitrogens with zero attached hydrogens (tertiary/aromatic N) is 4. The van der Waals surface area contributed by atoms with Crippen molar-refractivity contribution in [2.24, 2.45) is 0 Å². The summed E-state index contributed by atoms with van der Waals surface area (Å²) in [6, 6.07) is 0. The van der Waals surface area contributed by atoms with E-state index in [1.807, 2.05) is 0 Å². The lowest BCUT2D eigenvalue weighted by atomic mass is 10.8. The third kappa shape index (κ3) is 2.11. The first-order valence-corrected chi connectivity index (χ1v) is 4.94. The molecule has 0 aliphatic rings. The highest BCUT2D eigenvalue weighted by molar-refractivity contribution is 7.98. The van der Waals surface area contributed by atoms with Crippen LogP contribution in [0.4, 0.5) is 0 Å². The molecule has 2 rings (SSSR count). The minimum absolute atomic E-state index is 0.512. The van der Waals surface area contributed by atoms with Gasteiger partial charge in [-0.05, 0) is 0 Å². The quantitative estimate of drug-likeness (QED) is 0.711. The average Bonchev–Trinajstić information content (AvgIpc) is 2.72. The Kier molecular flexibility index (Phi) is 2.49. The predicted octanol–water partition coefficient (Wildman–Crippen LogP) is 1.36. The van der Waals surface area contributed by atoms with Crippen molar-refractivity contribution >= 4 is 11.8 Å². The van der Waals surface area contributed by atoms with Crippen LogP contribution in [0.2, 0.25) is 0 Å². The Morgan fingerprint density at radius 1 is 1.00 bits per heavy atom. The van der Waals surface area contributed by atoms with Gasteiger partial charge in [-0.3, -0.25) is 0 Å². The lowest BCUT2D eigenvalue weighted by molar-refractivity contribution is 0.428. The minimum atomic E-state index is 0.512. The van der Waals surface area contributed by atoms with Crippen LogP contribution in [0.15, 0.2) is 14.1 Å². The van der Waals surface area contributed by atoms with Crippen molar-refractivity contribution in [3.63, 3.8) is 0 Å². The van der Waals surface area contributed by atoms with Gasteiger partial charge >= 0.3 is 0 Å². The van der Waals surface area contributed by atoms with Gasteiger partial charge in [0.15, 0.2) is 0 Å². The summed E-state index contributed by atoms with van der Waals surface area (Å²) < 4.78 is 10.3. The molecule has 2 aromatic heterocycles. The number of aromatic nitrogens is 4. The smallest absolute Gasteiger partial charge is 0.277 e. The van der Waals surface area contributed by atoms with Gasteiger partial charge in [0.05, 0.1) is 5.75 Å². The second kappa shape index (κ2) is 3.79. The fraction of sp³-hybridized carbons (Fsp3) is 0.429. The molecule has 2 aromatic rings. The number of aryl methyl sites for hydroxylation is 2. The normalized spacial score (nSPS) is 10.7. The van der Waals surface area contributed by atoms with Crippen molar-refractivity contribution in [1.82, 2.24) is 20.4 Å². The first-order valence-electron chi connectivity index (χ1n) is 3.96. The summed E-state index contributed by atoms with van der Waals surface area (Å²) in [6.07, 6.45) is 0. The zero-order valence-electron chi connectivity index (χ0n) is 7.72. The maximum atomic E-state index is 5.18. The third-order valence-corrected chi connectivity index (χ3v) is 2.20. The number of hydrogen-bond donors (Lipinski definition) is 0. The van der Waals surface area contributed by atoms with Crippen LogP contribution >= 0.6 is 11.8 Å². The van der Waals surface area contributed by atoms with Crippen molar-refractivity contribution in [2.45, 2.75) is 24.8 Å². The van der Waals surface area contributed by atoms with Crippen LogP contribution in [0, 0.1) is 13.8 Å². The standard InChI is InChI=1S/C7H8N4O2S/c1-4-8-10-6(12-4)3-14-7-11-9-5(2)13-7/h3H2,1-2H3. The molecule has 0 aliphatic carbocycles. The van der Waals surface area contributed by atoms with Gasteiger partial charge in [0.2, 0.25) is 17.7 Å². The number of thioether (sulfide) groups is 1. The average molecular weight is 212 g/mol. The van der Waals surface area contributed by atoms with E-state index < -0.39 is 0 Å². The third-order valence-electron chi connectivity index (χ3n) is 1.39. The molecule has 0 N–H and O–H groups in total. The zero-order chi connectivity index (χ0) is 9.97. The topological polar surface area (TPSA) is 77.8 Å². The molecule has 0 aliphatic heterocycles. The summed E-state index contributed by atoms with van der Waals surface area (Å²) in [5.74, 6) is 2.21. The number of hydrogen-bond acceptors (Lipinski definition) is 7. The van der Waals surface area contributed by atoms with Gasteiger partial charge in [0.1, 0.15) is 0 Å². The van der Waals surface area contributed by atoms with Gasteiger partial charge in [-0.25, -0.2) is 0 Å². The molecule has 0 saturated carbocycles. The summed E-state index contributed by atoms with van der Waals surface area (Å²) >= 11 is 1.37. The Hall–Kier alpha value is -1.37. The molecule has 14 heavy (non-hydrogen) atoms. The summed E-state index contributed by atoms with van der Waals surface area (Å²) in [5, 5.41) is 15.6. The van der Waals surface area contributed by atoms with Crippen molar-refractivity contribution in [1.29, 1.82) is 0 Å². The molecule has 0 radical (unpaired) electrons. The largest absolute Gasteiger partial charge is 0.425 e. The minimum Gasteiger partial charge on any atom is -0.425 e. The molecule has 0 fully saturated rings. The van der Waals surface area contributed by atoms with Gasteiger partial charge in [0.25, 0.3) is 5.22 Å². The van der Waals surface area contributed by atoms with E-state index in [0.717, 1.165) is 0 Å². The maximum absolute atomic E-state index is 5.18. The molecule has 2 heterocycles. The Bertz CT molecular complexity index is 385. The van der Waals surface area contributed by atoms with E-state index in [9.17, 15) is 0 Å². The first-order chi connectivity index (χ1) is 6.74. The van der Waals surface area contributed by atoms with E-state index in [1.54, 1.807) is 13.8 Å².